The van der Waals surface area contributed by atoms with Crippen molar-refractivity contribution in [3.05, 3.63) is 47.7 Å². The third-order valence-electron chi connectivity index (χ3n) is 3.47. The minimum Gasteiger partial charge on any atom is -0.324 e. The van der Waals surface area contributed by atoms with Gasteiger partial charge < -0.3 is 5.32 Å². The number of para-hydroxylation sites is 2. The lowest BCUT2D eigenvalue weighted by Gasteiger charge is -2.30. The molecule has 4 nitrogen and oxygen atoms in total. The number of allylic oxidation sites excluding steroid dienone is 2. The average Bonchev–Trinajstić information content (AvgIpc) is 2.76. The Morgan fingerprint density at radius 2 is 2.21 bits per heavy atom. The number of halogens is 1. The Morgan fingerprint density at radius 1 is 1.37 bits per heavy atom. The van der Waals surface area contributed by atoms with E-state index in [1.165, 1.54) is 0 Å². The quantitative estimate of drug-likeness (QED) is 0.583. The number of fused-ring (bicyclic) bond motifs is 4. The molecular formula is C14H10ClN3O. The van der Waals surface area contributed by atoms with Gasteiger partial charge in [-0.15, -0.1) is 0 Å². The summed E-state index contributed by atoms with van der Waals surface area (Å²) < 4.78 is 0. The number of alkyl halides is 1. The van der Waals surface area contributed by atoms with E-state index in [4.69, 9.17) is 11.6 Å². The summed E-state index contributed by atoms with van der Waals surface area (Å²) in [6.07, 6.45) is 4.22. The van der Waals surface area contributed by atoms with E-state index in [0.29, 0.717) is 18.0 Å². The molecule has 0 fully saturated rings. The van der Waals surface area contributed by atoms with Crippen LogP contribution in [0.1, 0.15) is 6.42 Å². The fraction of sp³-hybridized carbons (Fsp3) is 0.143. The molecule has 94 valence electrons. The molecule has 0 radical (unpaired) electrons. The number of Topliss-reactive ketones (excluding diaryl/α,β-unsaturated/α-hetero) is 1. The van der Waals surface area contributed by atoms with E-state index in [1.54, 1.807) is 0 Å². The Morgan fingerprint density at radius 3 is 3.11 bits per heavy atom. The van der Waals surface area contributed by atoms with Crippen LogP contribution < -0.4 is 10.2 Å². The zero-order valence-corrected chi connectivity index (χ0v) is 10.7. The summed E-state index contributed by atoms with van der Waals surface area (Å²) in [4.78, 5) is 18.4. The zero-order valence-electron chi connectivity index (χ0n) is 9.93. The lowest BCUT2D eigenvalue weighted by Crippen LogP contribution is -2.38. The molecule has 5 heteroatoms. The first-order valence-electron chi connectivity index (χ1n) is 6.07. The number of ketones is 1. The molecule has 0 spiro atoms. The predicted octanol–water partition coefficient (Wildman–Crippen LogP) is 2.64. The van der Waals surface area contributed by atoms with Gasteiger partial charge in [-0.05, 0) is 18.2 Å². The van der Waals surface area contributed by atoms with Gasteiger partial charge in [0, 0.05) is 6.42 Å². The molecule has 0 aromatic heterocycles. The highest BCUT2D eigenvalue weighted by atomic mass is 35.5. The number of hydrogen-bond donors (Lipinski definition) is 1. The van der Waals surface area contributed by atoms with Gasteiger partial charge in [0.05, 0.1) is 22.6 Å². The molecule has 1 aromatic rings. The summed E-state index contributed by atoms with van der Waals surface area (Å²) in [7, 11) is 0. The number of rotatable bonds is 0. The first kappa shape index (κ1) is 10.8. The van der Waals surface area contributed by atoms with Gasteiger partial charge in [-0.25, -0.2) is 4.99 Å². The standard InChI is InChI=1S/C14H10ClN3O/c15-13-12-10(6-3-7-11(12)19)18-9-5-2-1-4-8(9)16-14(18)17-13/h1-6,13H,7H2,(H,16,17). The van der Waals surface area contributed by atoms with Crippen molar-refractivity contribution in [3.63, 3.8) is 0 Å². The largest absolute Gasteiger partial charge is 0.324 e. The van der Waals surface area contributed by atoms with Crippen molar-refractivity contribution in [2.24, 2.45) is 4.99 Å². The molecule has 1 atom stereocenters. The monoisotopic (exact) mass is 271 g/mol. The van der Waals surface area contributed by atoms with Crippen molar-refractivity contribution >= 4 is 34.7 Å². The molecule has 19 heavy (non-hydrogen) atoms. The van der Waals surface area contributed by atoms with Crippen molar-refractivity contribution < 1.29 is 4.79 Å². The van der Waals surface area contributed by atoms with Crippen LogP contribution in [0.5, 0.6) is 0 Å². The number of carbonyl (C=O) groups excluding carboxylic acids is 1. The summed E-state index contributed by atoms with van der Waals surface area (Å²) in [6.45, 7) is 0. The number of aliphatic imine (C=N–C) groups is 1. The van der Waals surface area contributed by atoms with Crippen LogP contribution in [0.15, 0.2) is 52.7 Å². The van der Waals surface area contributed by atoms with Gasteiger partial charge in [0.15, 0.2) is 11.3 Å². The van der Waals surface area contributed by atoms with Crippen LogP contribution in [0.3, 0.4) is 0 Å². The van der Waals surface area contributed by atoms with Crippen LogP contribution in [0, 0.1) is 0 Å². The molecule has 1 aromatic carbocycles. The van der Waals surface area contributed by atoms with Crippen LogP contribution in [-0.4, -0.2) is 17.2 Å². The minimum absolute atomic E-state index is 0.0460. The molecule has 1 aliphatic carbocycles. The van der Waals surface area contributed by atoms with Gasteiger partial charge >= 0.3 is 0 Å². The van der Waals surface area contributed by atoms with Crippen molar-refractivity contribution in [2.75, 3.05) is 10.2 Å². The van der Waals surface area contributed by atoms with E-state index >= 15 is 0 Å². The minimum atomic E-state index is -0.611. The van der Waals surface area contributed by atoms with Crippen LogP contribution in [0.4, 0.5) is 11.4 Å². The van der Waals surface area contributed by atoms with Gasteiger partial charge in [0.2, 0.25) is 5.96 Å². The number of anilines is 2. The van der Waals surface area contributed by atoms with E-state index in [9.17, 15) is 4.79 Å². The molecular weight excluding hydrogens is 262 g/mol. The third kappa shape index (κ3) is 1.40. The Bertz CT molecular complexity index is 690. The molecule has 2 aliphatic heterocycles. The second-order valence-electron chi connectivity index (χ2n) is 4.59. The van der Waals surface area contributed by atoms with E-state index in [1.807, 2.05) is 41.3 Å². The summed E-state index contributed by atoms with van der Waals surface area (Å²) in [5.41, 5.74) is 2.78. The van der Waals surface area contributed by atoms with Crippen molar-refractivity contribution in [2.45, 2.75) is 11.9 Å². The number of benzene rings is 1. The average molecular weight is 272 g/mol. The van der Waals surface area contributed by atoms with Crippen LogP contribution in [0.2, 0.25) is 0 Å². The molecule has 3 aliphatic rings. The molecule has 1 N–H and O–H groups in total. The first-order valence-corrected chi connectivity index (χ1v) is 6.51. The second kappa shape index (κ2) is 3.71. The normalized spacial score (nSPS) is 23.6. The predicted molar refractivity (Wildman–Crippen MR) is 75.4 cm³/mol. The number of nitrogens with zero attached hydrogens (tertiary/aromatic N) is 2. The Labute approximate surface area is 115 Å². The summed E-state index contributed by atoms with van der Waals surface area (Å²) in [5, 5.41) is 3.23. The number of nitrogens with one attached hydrogen (secondary N) is 1. The smallest absolute Gasteiger partial charge is 0.209 e. The first-order chi connectivity index (χ1) is 9.25. The second-order valence-corrected chi connectivity index (χ2v) is 5.01. The highest BCUT2D eigenvalue weighted by Crippen LogP contribution is 2.40. The van der Waals surface area contributed by atoms with Gasteiger partial charge in [0.25, 0.3) is 0 Å². The number of hydrogen-bond acceptors (Lipinski definition) is 4. The maximum Gasteiger partial charge on any atom is 0.209 e. The Balaban J connectivity index is 1.94. The summed E-state index contributed by atoms with van der Waals surface area (Å²) >= 11 is 6.23. The zero-order chi connectivity index (χ0) is 13.0. The van der Waals surface area contributed by atoms with Crippen molar-refractivity contribution in [1.29, 1.82) is 0 Å². The molecule has 1 unspecified atom stereocenters. The summed E-state index contributed by atoms with van der Waals surface area (Å²) in [6, 6.07) is 7.90. The molecule has 0 saturated heterocycles. The van der Waals surface area contributed by atoms with E-state index in [-0.39, 0.29) is 5.78 Å². The highest BCUT2D eigenvalue weighted by Gasteiger charge is 2.37. The lowest BCUT2D eigenvalue weighted by atomic mass is 9.98. The van der Waals surface area contributed by atoms with Crippen molar-refractivity contribution in [3.8, 4) is 0 Å². The van der Waals surface area contributed by atoms with E-state index in [2.05, 4.69) is 10.3 Å². The number of guanidine groups is 1. The van der Waals surface area contributed by atoms with Gasteiger partial charge in [-0.3, -0.25) is 9.69 Å². The SMILES string of the molecule is O=C1CC=CC2=C1C(Cl)N=C1Nc3ccccc3N12. The van der Waals surface area contributed by atoms with Crippen LogP contribution in [0.25, 0.3) is 0 Å². The maximum absolute atomic E-state index is 12.0. The maximum atomic E-state index is 12.0. The van der Waals surface area contributed by atoms with E-state index in [0.717, 1.165) is 17.1 Å². The summed E-state index contributed by atoms with van der Waals surface area (Å²) in [5.74, 6) is 0.726. The van der Waals surface area contributed by atoms with Crippen molar-refractivity contribution in [1.82, 2.24) is 0 Å². The molecule has 0 saturated carbocycles. The molecule has 2 heterocycles. The number of carbonyl (C=O) groups is 1. The Kier molecular flexibility index (Phi) is 2.11. The molecule has 0 amide bonds. The molecule has 0 bridgehead atoms. The van der Waals surface area contributed by atoms with E-state index < -0.39 is 5.50 Å². The topological polar surface area (TPSA) is 44.7 Å². The fourth-order valence-corrected chi connectivity index (χ4v) is 2.97. The van der Waals surface area contributed by atoms with Gasteiger partial charge in [-0.1, -0.05) is 29.8 Å². The fourth-order valence-electron chi connectivity index (χ4n) is 2.64. The van der Waals surface area contributed by atoms with Crippen LogP contribution in [-0.2, 0) is 4.79 Å². The third-order valence-corrected chi connectivity index (χ3v) is 3.79. The lowest BCUT2D eigenvalue weighted by molar-refractivity contribution is -0.115. The highest BCUT2D eigenvalue weighted by molar-refractivity contribution is 6.30. The molecule has 4 rings (SSSR count). The Hall–Kier alpha value is -2.07. The van der Waals surface area contributed by atoms with Gasteiger partial charge in [-0.2, -0.15) is 0 Å². The van der Waals surface area contributed by atoms with Gasteiger partial charge in [0.1, 0.15) is 0 Å². The van der Waals surface area contributed by atoms with Crippen LogP contribution >= 0.6 is 11.6 Å².